The number of alkyl halides is 6. The predicted molar refractivity (Wildman–Crippen MR) is 62.0 cm³/mol. The Bertz CT molecular complexity index is 510. The number of benzene rings is 1. The lowest BCUT2D eigenvalue weighted by atomic mass is 9.80. The minimum absolute atomic E-state index is 0.420. The lowest BCUT2D eigenvalue weighted by Gasteiger charge is -2.30. The van der Waals surface area contributed by atoms with E-state index in [1.165, 1.54) is 0 Å². The van der Waals surface area contributed by atoms with Gasteiger partial charge in [-0.2, -0.15) is 26.3 Å². The molecule has 1 aromatic rings. The van der Waals surface area contributed by atoms with E-state index >= 15 is 0 Å². The van der Waals surface area contributed by atoms with Crippen molar-refractivity contribution < 1.29 is 41.1 Å². The van der Waals surface area contributed by atoms with Crippen LogP contribution >= 0.6 is 0 Å². The van der Waals surface area contributed by atoms with Gasteiger partial charge in [0.05, 0.1) is 5.56 Å². The molecule has 0 heterocycles. The Balaban J connectivity index is 3.34. The molecule has 0 amide bonds. The highest BCUT2D eigenvalue weighted by molar-refractivity contribution is 6.58. The average molecular weight is 316 g/mol. The van der Waals surface area contributed by atoms with Crippen LogP contribution in [-0.2, 0) is 6.18 Å². The molecule has 0 radical (unpaired) electrons. The quantitative estimate of drug-likeness (QED) is 0.663. The number of rotatable bonds is 3. The van der Waals surface area contributed by atoms with Gasteiger partial charge in [0.15, 0.2) is 5.60 Å². The first-order valence-corrected chi connectivity index (χ1v) is 5.59. The van der Waals surface area contributed by atoms with E-state index in [0.29, 0.717) is 26.0 Å². The van der Waals surface area contributed by atoms with E-state index in [1.54, 1.807) is 0 Å². The van der Waals surface area contributed by atoms with Gasteiger partial charge in [-0.3, -0.25) is 0 Å². The highest BCUT2D eigenvalue weighted by atomic mass is 19.4. The Morgan fingerprint density at radius 2 is 1.52 bits per heavy atom. The van der Waals surface area contributed by atoms with Crippen molar-refractivity contribution in [1.29, 1.82) is 0 Å². The molecular formula is C11H11BF6O3. The van der Waals surface area contributed by atoms with Crippen LogP contribution in [0.5, 0.6) is 5.75 Å². The fraction of sp³-hybridized carbons (Fsp3) is 0.455. The molecule has 0 spiro atoms. The standard InChI is InChI=1S/C11H11BF6O3/c1-9(2,11(16,17)18)21-8-5-6(12(19)20)3-4-7(8)10(13,14)15/h3-5,19-20H,1-2H3. The average Bonchev–Trinajstić information content (AvgIpc) is 2.24. The monoisotopic (exact) mass is 316 g/mol. The summed E-state index contributed by atoms with van der Waals surface area (Å²) in [5.41, 5.74) is -4.74. The SMILES string of the molecule is CC(C)(Oc1cc(B(O)O)ccc1C(F)(F)F)C(F)(F)F. The third kappa shape index (κ3) is 4.04. The second-order valence-corrected chi connectivity index (χ2v) is 4.74. The predicted octanol–water partition coefficient (Wildman–Crippen LogP) is 2.10. The topological polar surface area (TPSA) is 49.7 Å². The summed E-state index contributed by atoms with van der Waals surface area (Å²) < 4.78 is 80.9. The third-order valence-electron chi connectivity index (χ3n) is 2.66. The Kier molecular flexibility index (Phi) is 4.55. The molecule has 0 saturated heterocycles. The maximum absolute atomic E-state index is 12.8. The fourth-order valence-electron chi connectivity index (χ4n) is 1.35. The van der Waals surface area contributed by atoms with Crippen molar-refractivity contribution in [3.63, 3.8) is 0 Å². The molecular weight excluding hydrogens is 305 g/mol. The van der Waals surface area contributed by atoms with Gasteiger partial charge in [-0.05, 0) is 31.4 Å². The molecule has 0 aliphatic heterocycles. The largest absolute Gasteiger partial charge is 0.488 e. The normalized spacial score (nSPS) is 13.2. The summed E-state index contributed by atoms with van der Waals surface area (Å²) in [6.07, 6.45) is -9.86. The lowest BCUT2D eigenvalue weighted by molar-refractivity contribution is -0.236. The third-order valence-corrected chi connectivity index (χ3v) is 2.66. The van der Waals surface area contributed by atoms with Gasteiger partial charge in [0.1, 0.15) is 5.75 Å². The molecule has 0 atom stereocenters. The van der Waals surface area contributed by atoms with Crippen molar-refractivity contribution in [2.24, 2.45) is 0 Å². The van der Waals surface area contributed by atoms with E-state index in [0.717, 1.165) is 6.07 Å². The zero-order valence-electron chi connectivity index (χ0n) is 10.9. The van der Waals surface area contributed by atoms with Gasteiger partial charge < -0.3 is 14.8 Å². The molecule has 0 aromatic heterocycles. The maximum Gasteiger partial charge on any atom is 0.488 e. The molecule has 3 nitrogen and oxygen atoms in total. The minimum atomic E-state index is -4.95. The first-order chi connectivity index (χ1) is 9.25. The van der Waals surface area contributed by atoms with Crippen molar-refractivity contribution in [1.82, 2.24) is 0 Å². The van der Waals surface area contributed by atoms with Crippen LogP contribution in [-0.4, -0.2) is 28.9 Å². The molecule has 0 fully saturated rings. The molecule has 1 aromatic carbocycles. The summed E-state index contributed by atoms with van der Waals surface area (Å²) in [7, 11) is -2.14. The summed E-state index contributed by atoms with van der Waals surface area (Å²) >= 11 is 0. The van der Waals surface area contributed by atoms with Crippen molar-refractivity contribution >= 4 is 12.6 Å². The Hall–Kier alpha value is -1.42. The first kappa shape index (κ1) is 17.6. The molecule has 2 N–H and O–H groups in total. The van der Waals surface area contributed by atoms with Gasteiger partial charge in [-0.1, -0.05) is 6.07 Å². The van der Waals surface area contributed by atoms with Crippen molar-refractivity contribution in [3.8, 4) is 5.75 Å². The number of hydrogen-bond acceptors (Lipinski definition) is 3. The molecule has 0 unspecified atom stereocenters. The zero-order chi connectivity index (χ0) is 16.6. The molecule has 0 aliphatic carbocycles. The maximum atomic E-state index is 12.8. The van der Waals surface area contributed by atoms with E-state index in [4.69, 9.17) is 10.0 Å². The van der Waals surface area contributed by atoms with Gasteiger partial charge in [-0.25, -0.2) is 0 Å². The molecule has 0 bridgehead atoms. The van der Waals surface area contributed by atoms with Crippen LogP contribution in [0.3, 0.4) is 0 Å². The van der Waals surface area contributed by atoms with Gasteiger partial charge in [0, 0.05) is 0 Å². The number of hydrogen-bond donors (Lipinski definition) is 2. The van der Waals surface area contributed by atoms with E-state index < -0.39 is 41.8 Å². The van der Waals surface area contributed by atoms with Crippen LogP contribution in [0.15, 0.2) is 18.2 Å². The Labute approximate surface area is 116 Å². The van der Waals surface area contributed by atoms with Gasteiger partial charge in [-0.15, -0.1) is 0 Å². The minimum Gasteiger partial charge on any atom is -0.478 e. The van der Waals surface area contributed by atoms with Crippen LogP contribution in [0.4, 0.5) is 26.3 Å². The van der Waals surface area contributed by atoms with Crippen LogP contribution in [0.25, 0.3) is 0 Å². The lowest BCUT2D eigenvalue weighted by Crippen LogP contribution is -2.45. The first-order valence-electron chi connectivity index (χ1n) is 5.59. The highest BCUT2D eigenvalue weighted by Gasteiger charge is 2.51. The summed E-state index contributed by atoms with van der Waals surface area (Å²) in [5.74, 6) is -1.13. The van der Waals surface area contributed by atoms with Gasteiger partial charge >= 0.3 is 19.5 Å². The second-order valence-electron chi connectivity index (χ2n) is 4.74. The summed E-state index contributed by atoms with van der Waals surface area (Å²) in [4.78, 5) is 0. The Morgan fingerprint density at radius 1 is 1.00 bits per heavy atom. The van der Waals surface area contributed by atoms with E-state index in [9.17, 15) is 26.3 Å². The molecule has 21 heavy (non-hydrogen) atoms. The van der Waals surface area contributed by atoms with Crippen molar-refractivity contribution in [3.05, 3.63) is 23.8 Å². The smallest absolute Gasteiger partial charge is 0.478 e. The van der Waals surface area contributed by atoms with Crippen LogP contribution in [0.2, 0.25) is 0 Å². The second kappa shape index (κ2) is 5.41. The molecule has 118 valence electrons. The molecule has 10 heteroatoms. The molecule has 0 saturated carbocycles. The van der Waals surface area contributed by atoms with Crippen LogP contribution in [0, 0.1) is 0 Å². The highest BCUT2D eigenvalue weighted by Crippen LogP contribution is 2.40. The number of halogens is 6. The van der Waals surface area contributed by atoms with Crippen molar-refractivity contribution in [2.75, 3.05) is 0 Å². The summed E-state index contributed by atoms with van der Waals surface area (Å²) in [6, 6.07) is 1.68. The van der Waals surface area contributed by atoms with Crippen molar-refractivity contribution in [2.45, 2.75) is 31.8 Å². The molecule has 1 rings (SSSR count). The van der Waals surface area contributed by atoms with Crippen LogP contribution < -0.4 is 10.2 Å². The van der Waals surface area contributed by atoms with E-state index in [-0.39, 0.29) is 0 Å². The zero-order valence-corrected chi connectivity index (χ0v) is 10.9. The summed E-state index contributed by atoms with van der Waals surface area (Å²) in [5, 5.41) is 17.8. The molecule has 0 aliphatic rings. The Morgan fingerprint density at radius 3 is 1.90 bits per heavy atom. The summed E-state index contributed by atoms with van der Waals surface area (Å²) in [6.45, 7) is 1.13. The van der Waals surface area contributed by atoms with E-state index in [2.05, 4.69) is 4.74 Å². The van der Waals surface area contributed by atoms with Gasteiger partial charge in [0.2, 0.25) is 0 Å². The number of ether oxygens (including phenoxy) is 1. The fourth-order valence-corrected chi connectivity index (χ4v) is 1.35. The van der Waals surface area contributed by atoms with E-state index in [1.807, 2.05) is 0 Å². The van der Waals surface area contributed by atoms with Crippen LogP contribution in [0.1, 0.15) is 19.4 Å². The van der Waals surface area contributed by atoms with Gasteiger partial charge in [0.25, 0.3) is 0 Å².